The van der Waals surface area contributed by atoms with Crippen LogP contribution >= 0.6 is 15.9 Å². The fourth-order valence-corrected chi connectivity index (χ4v) is 2.44. The van der Waals surface area contributed by atoms with Gasteiger partial charge in [0.15, 0.2) is 0 Å². The van der Waals surface area contributed by atoms with Crippen LogP contribution in [0.3, 0.4) is 0 Å². The van der Waals surface area contributed by atoms with E-state index in [9.17, 15) is 4.79 Å². The van der Waals surface area contributed by atoms with E-state index in [1.807, 2.05) is 43.4 Å². The maximum Gasteiger partial charge on any atom is 0.241 e. The van der Waals surface area contributed by atoms with Gasteiger partial charge in [-0.1, -0.05) is 46.3 Å². The molecule has 0 spiro atoms. The molecule has 1 amide bonds. The van der Waals surface area contributed by atoms with E-state index in [2.05, 4.69) is 40.3 Å². The number of nitrogens with one attached hydrogen (secondary N) is 1. The van der Waals surface area contributed by atoms with Gasteiger partial charge < -0.3 is 10.2 Å². The maximum absolute atomic E-state index is 12.2. The number of halogens is 1. The van der Waals surface area contributed by atoms with E-state index in [0.29, 0.717) is 13.1 Å². The number of carbonyl (C=O) groups excluding carboxylic acids is 1. The SMILES string of the molecule is Cc1ccccc1CN(C)C(=O)CNc1cccc(Br)c1. The molecule has 2 aromatic rings. The van der Waals surface area contributed by atoms with E-state index in [-0.39, 0.29) is 5.91 Å². The minimum atomic E-state index is 0.0678. The molecule has 21 heavy (non-hydrogen) atoms. The number of anilines is 1. The third-order valence-corrected chi connectivity index (χ3v) is 3.86. The van der Waals surface area contributed by atoms with Gasteiger partial charge in [0.2, 0.25) is 5.91 Å². The number of likely N-dealkylation sites (N-methyl/N-ethyl adjacent to an activating group) is 1. The molecule has 2 aromatic carbocycles. The molecule has 0 radical (unpaired) electrons. The van der Waals surface area contributed by atoms with Gasteiger partial charge in [0.1, 0.15) is 0 Å². The first kappa shape index (κ1) is 15.6. The summed E-state index contributed by atoms with van der Waals surface area (Å²) in [6, 6.07) is 15.9. The lowest BCUT2D eigenvalue weighted by atomic mass is 10.1. The number of hydrogen-bond acceptors (Lipinski definition) is 2. The number of amides is 1. The van der Waals surface area contributed by atoms with E-state index in [1.165, 1.54) is 11.1 Å². The highest BCUT2D eigenvalue weighted by Crippen LogP contribution is 2.15. The van der Waals surface area contributed by atoms with E-state index in [4.69, 9.17) is 0 Å². The van der Waals surface area contributed by atoms with Crippen LogP contribution in [0, 0.1) is 6.92 Å². The molecule has 0 unspecified atom stereocenters. The number of hydrogen-bond donors (Lipinski definition) is 1. The van der Waals surface area contributed by atoms with Crippen LogP contribution < -0.4 is 5.32 Å². The molecule has 0 aliphatic heterocycles. The van der Waals surface area contributed by atoms with Gasteiger partial charge in [0.25, 0.3) is 0 Å². The second-order valence-corrected chi connectivity index (χ2v) is 5.96. The van der Waals surface area contributed by atoms with Gasteiger partial charge in [-0.15, -0.1) is 0 Å². The second-order valence-electron chi connectivity index (χ2n) is 5.04. The van der Waals surface area contributed by atoms with Crippen LogP contribution in [0.15, 0.2) is 53.0 Å². The number of benzene rings is 2. The van der Waals surface area contributed by atoms with Gasteiger partial charge >= 0.3 is 0 Å². The van der Waals surface area contributed by atoms with Crippen LogP contribution in [0.1, 0.15) is 11.1 Å². The summed E-state index contributed by atoms with van der Waals surface area (Å²) >= 11 is 3.41. The maximum atomic E-state index is 12.2. The monoisotopic (exact) mass is 346 g/mol. The van der Waals surface area contributed by atoms with Crippen LogP contribution in [-0.2, 0) is 11.3 Å². The van der Waals surface area contributed by atoms with Gasteiger partial charge in [-0.05, 0) is 36.2 Å². The van der Waals surface area contributed by atoms with Crippen molar-refractivity contribution in [3.8, 4) is 0 Å². The van der Waals surface area contributed by atoms with E-state index < -0.39 is 0 Å². The van der Waals surface area contributed by atoms with Crippen molar-refractivity contribution in [2.75, 3.05) is 18.9 Å². The predicted octanol–water partition coefficient (Wildman–Crippen LogP) is 3.83. The van der Waals surface area contributed by atoms with Crippen LogP contribution in [0.25, 0.3) is 0 Å². The molecule has 0 saturated carbocycles. The lowest BCUT2D eigenvalue weighted by Gasteiger charge is -2.19. The molecule has 0 fully saturated rings. The topological polar surface area (TPSA) is 32.3 Å². The van der Waals surface area contributed by atoms with Gasteiger partial charge in [-0.25, -0.2) is 0 Å². The third-order valence-electron chi connectivity index (χ3n) is 3.36. The fourth-order valence-electron chi connectivity index (χ4n) is 2.04. The van der Waals surface area contributed by atoms with Crippen molar-refractivity contribution < 1.29 is 4.79 Å². The first-order valence-electron chi connectivity index (χ1n) is 6.84. The van der Waals surface area contributed by atoms with Gasteiger partial charge in [0.05, 0.1) is 6.54 Å². The lowest BCUT2D eigenvalue weighted by molar-refractivity contribution is -0.128. The number of aryl methyl sites for hydroxylation is 1. The largest absolute Gasteiger partial charge is 0.376 e. The summed E-state index contributed by atoms with van der Waals surface area (Å²) in [5, 5.41) is 3.15. The van der Waals surface area contributed by atoms with E-state index >= 15 is 0 Å². The summed E-state index contributed by atoms with van der Waals surface area (Å²) in [6.45, 7) is 2.98. The van der Waals surface area contributed by atoms with Gasteiger partial charge in [-0.2, -0.15) is 0 Å². The first-order chi connectivity index (χ1) is 10.1. The average molecular weight is 347 g/mol. The second kappa shape index (κ2) is 7.27. The van der Waals surface area contributed by atoms with Crippen molar-refractivity contribution in [2.24, 2.45) is 0 Å². The standard InChI is InChI=1S/C17H19BrN2O/c1-13-6-3-4-7-14(13)12-20(2)17(21)11-19-16-9-5-8-15(18)10-16/h3-10,19H,11-12H2,1-2H3. The Morgan fingerprint density at radius 2 is 1.95 bits per heavy atom. The van der Waals surface area contributed by atoms with Crippen LogP contribution in [0.2, 0.25) is 0 Å². The van der Waals surface area contributed by atoms with Crippen molar-refractivity contribution in [3.63, 3.8) is 0 Å². The van der Waals surface area contributed by atoms with Crippen molar-refractivity contribution >= 4 is 27.5 Å². The summed E-state index contributed by atoms with van der Waals surface area (Å²) < 4.78 is 0.994. The normalized spacial score (nSPS) is 10.2. The summed E-state index contributed by atoms with van der Waals surface area (Å²) in [4.78, 5) is 13.9. The molecule has 2 rings (SSSR count). The highest BCUT2D eigenvalue weighted by molar-refractivity contribution is 9.10. The molecule has 1 N–H and O–H groups in total. The summed E-state index contributed by atoms with van der Waals surface area (Å²) in [5.41, 5.74) is 3.31. The highest BCUT2D eigenvalue weighted by atomic mass is 79.9. The Labute approximate surface area is 134 Å². The molecule has 0 heterocycles. The molecule has 0 saturated heterocycles. The smallest absolute Gasteiger partial charge is 0.241 e. The molecule has 3 nitrogen and oxygen atoms in total. The van der Waals surface area contributed by atoms with Crippen LogP contribution in [0.5, 0.6) is 0 Å². The van der Waals surface area contributed by atoms with E-state index in [0.717, 1.165) is 10.2 Å². The Morgan fingerprint density at radius 1 is 1.19 bits per heavy atom. The molecule has 4 heteroatoms. The molecule has 0 bridgehead atoms. The molecule has 0 aliphatic rings. The fraction of sp³-hybridized carbons (Fsp3) is 0.235. The van der Waals surface area contributed by atoms with Crippen molar-refractivity contribution in [1.82, 2.24) is 4.90 Å². The minimum Gasteiger partial charge on any atom is -0.376 e. The summed E-state index contributed by atoms with van der Waals surface area (Å²) in [5.74, 6) is 0.0678. The van der Waals surface area contributed by atoms with Crippen molar-refractivity contribution in [3.05, 3.63) is 64.1 Å². The lowest BCUT2D eigenvalue weighted by Crippen LogP contribution is -2.31. The van der Waals surface area contributed by atoms with Gasteiger partial charge in [0, 0.05) is 23.8 Å². The molecule has 110 valence electrons. The number of nitrogens with zero attached hydrogens (tertiary/aromatic N) is 1. The Bertz CT molecular complexity index is 628. The molecular weight excluding hydrogens is 328 g/mol. The molecule has 0 aliphatic carbocycles. The van der Waals surface area contributed by atoms with E-state index in [1.54, 1.807) is 4.90 Å². The number of rotatable bonds is 5. The average Bonchev–Trinajstić information content (AvgIpc) is 2.47. The summed E-state index contributed by atoms with van der Waals surface area (Å²) in [6.07, 6.45) is 0. The van der Waals surface area contributed by atoms with Crippen LogP contribution in [-0.4, -0.2) is 24.4 Å². The molecule has 0 atom stereocenters. The Hall–Kier alpha value is -1.81. The van der Waals surface area contributed by atoms with Crippen molar-refractivity contribution in [2.45, 2.75) is 13.5 Å². The Balaban J connectivity index is 1.90. The number of carbonyl (C=O) groups is 1. The molecular formula is C17H19BrN2O. The zero-order valence-corrected chi connectivity index (χ0v) is 13.9. The first-order valence-corrected chi connectivity index (χ1v) is 7.63. The zero-order chi connectivity index (χ0) is 15.2. The highest BCUT2D eigenvalue weighted by Gasteiger charge is 2.10. The predicted molar refractivity (Wildman–Crippen MR) is 90.3 cm³/mol. The molecule has 0 aromatic heterocycles. The quantitative estimate of drug-likeness (QED) is 0.892. The Kier molecular flexibility index (Phi) is 5.39. The minimum absolute atomic E-state index is 0.0678. The zero-order valence-electron chi connectivity index (χ0n) is 12.3. The summed E-state index contributed by atoms with van der Waals surface area (Å²) in [7, 11) is 1.83. The third kappa shape index (κ3) is 4.60. The van der Waals surface area contributed by atoms with Gasteiger partial charge in [-0.3, -0.25) is 4.79 Å². The van der Waals surface area contributed by atoms with Crippen LogP contribution in [0.4, 0.5) is 5.69 Å². The Morgan fingerprint density at radius 3 is 2.67 bits per heavy atom. The van der Waals surface area contributed by atoms with Crippen molar-refractivity contribution in [1.29, 1.82) is 0 Å².